The molecule has 0 aromatic carbocycles. The van der Waals surface area contributed by atoms with E-state index in [1.165, 1.54) is 0 Å². The zero-order valence-corrected chi connectivity index (χ0v) is 11.5. The molecule has 0 aromatic rings. The van der Waals surface area contributed by atoms with E-state index in [-0.39, 0.29) is 18.4 Å². The molecule has 0 unspecified atom stereocenters. The summed E-state index contributed by atoms with van der Waals surface area (Å²) in [5.41, 5.74) is -0.511. The van der Waals surface area contributed by atoms with Gasteiger partial charge in [0.05, 0.1) is 18.9 Å². The Kier molecular flexibility index (Phi) is 6.85. The SMILES string of the molecule is CCCCOC(=O)[C@H](C)CC(=O)OC(C)(C)C. The summed E-state index contributed by atoms with van der Waals surface area (Å²) in [4.78, 5) is 23.0. The summed E-state index contributed by atoms with van der Waals surface area (Å²) >= 11 is 0. The normalized spacial score (nSPS) is 13.0. The Labute approximate surface area is 104 Å². The Bertz CT molecular complexity index is 253. The van der Waals surface area contributed by atoms with Crippen LogP contribution >= 0.6 is 0 Å². The van der Waals surface area contributed by atoms with E-state index in [0.29, 0.717) is 6.61 Å². The number of ether oxygens (including phenoxy) is 2. The molecule has 0 radical (unpaired) electrons. The van der Waals surface area contributed by atoms with Crippen LogP contribution in [-0.2, 0) is 19.1 Å². The van der Waals surface area contributed by atoms with Crippen molar-refractivity contribution in [1.29, 1.82) is 0 Å². The molecule has 0 rings (SSSR count). The van der Waals surface area contributed by atoms with Crippen molar-refractivity contribution < 1.29 is 19.1 Å². The predicted octanol–water partition coefficient (Wildman–Crippen LogP) is 2.70. The number of esters is 2. The summed E-state index contributed by atoms with van der Waals surface area (Å²) in [6.45, 7) is 9.53. The predicted molar refractivity (Wildman–Crippen MR) is 65.5 cm³/mol. The lowest BCUT2D eigenvalue weighted by Gasteiger charge is -2.20. The smallest absolute Gasteiger partial charge is 0.309 e. The Hall–Kier alpha value is -1.06. The molecule has 1 atom stereocenters. The maximum absolute atomic E-state index is 11.5. The van der Waals surface area contributed by atoms with E-state index in [9.17, 15) is 9.59 Å². The van der Waals surface area contributed by atoms with Crippen molar-refractivity contribution in [3.63, 3.8) is 0 Å². The lowest BCUT2D eigenvalue weighted by atomic mass is 10.1. The van der Waals surface area contributed by atoms with Crippen molar-refractivity contribution in [2.45, 2.75) is 59.5 Å². The summed E-state index contributed by atoms with van der Waals surface area (Å²) in [6, 6.07) is 0. The van der Waals surface area contributed by atoms with Crippen LogP contribution in [0.15, 0.2) is 0 Å². The Balaban J connectivity index is 3.95. The van der Waals surface area contributed by atoms with Gasteiger partial charge in [-0.3, -0.25) is 9.59 Å². The molecule has 0 spiro atoms. The molecule has 0 aliphatic rings. The Morgan fingerprint density at radius 3 is 2.29 bits per heavy atom. The lowest BCUT2D eigenvalue weighted by Crippen LogP contribution is -2.27. The van der Waals surface area contributed by atoms with Crippen LogP contribution in [0.3, 0.4) is 0 Å². The fourth-order valence-electron chi connectivity index (χ4n) is 1.18. The molecule has 4 nitrogen and oxygen atoms in total. The van der Waals surface area contributed by atoms with E-state index in [1.807, 2.05) is 6.92 Å². The number of unbranched alkanes of at least 4 members (excludes halogenated alkanes) is 1. The van der Waals surface area contributed by atoms with E-state index in [2.05, 4.69) is 0 Å². The second-order valence-electron chi connectivity index (χ2n) is 5.21. The molecule has 17 heavy (non-hydrogen) atoms. The van der Waals surface area contributed by atoms with E-state index in [0.717, 1.165) is 12.8 Å². The highest BCUT2D eigenvalue weighted by molar-refractivity contribution is 5.79. The zero-order valence-electron chi connectivity index (χ0n) is 11.5. The monoisotopic (exact) mass is 244 g/mol. The fourth-order valence-corrected chi connectivity index (χ4v) is 1.18. The summed E-state index contributed by atoms with van der Waals surface area (Å²) in [7, 11) is 0. The molecule has 0 N–H and O–H groups in total. The van der Waals surface area contributed by atoms with Crippen LogP contribution in [0, 0.1) is 5.92 Å². The van der Waals surface area contributed by atoms with Crippen molar-refractivity contribution in [3.8, 4) is 0 Å². The molecular weight excluding hydrogens is 220 g/mol. The molecule has 0 heterocycles. The Morgan fingerprint density at radius 1 is 1.24 bits per heavy atom. The molecule has 0 saturated carbocycles. The molecule has 0 bridgehead atoms. The third kappa shape index (κ3) is 8.72. The number of carbonyl (C=O) groups excluding carboxylic acids is 2. The van der Waals surface area contributed by atoms with Crippen LogP contribution < -0.4 is 0 Å². The molecule has 0 aliphatic heterocycles. The molecule has 4 heteroatoms. The minimum Gasteiger partial charge on any atom is -0.465 e. The molecule has 0 amide bonds. The van der Waals surface area contributed by atoms with E-state index in [1.54, 1.807) is 27.7 Å². The summed E-state index contributed by atoms with van der Waals surface area (Å²) in [5.74, 6) is -1.14. The second-order valence-corrected chi connectivity index (χ2v) is 5.21. The van der Waals surface area contributed by atoms with Gasteiger partial charge in [-0.05, 0) is 27.2 Å². The molecule has 0 saturated heterocycles. The number of hydrogen-bond donors (Lipinski definition) is 0. The first-order chi connectivity index (χ1) is 7.76. The summed E-state index contributed by atoms with van der Waals surface area (Å²) in [6.07, 6.45) is 1.90. The van der Waals surface area contributed by atoms with Crippen molar-refractivity contribution in [2.24, 2.45) is 5.92 Å². The highest BCUT2D eigenvalue weighted by atomic mass is 16.6. The van der Waals surface area contributed by atoms with Gasteiger partial charge in [-0.2, -0.15) is 0 Å². The minimum absolute atomic E-state index is 0.0717. The van der Waals surface area contributed by atoms with Crippen LogP contribution in [0.25, 0.3) is 0 Å². The number of rotatable bonds is 6. The standard InChI is InChI=1S/C13H24O4/c1-6-7-8-16-12(15)10(2)9-11(14)17-13(3,4)5/h10H,6-9H2,1-5H3/t10-/m1/s1. The molecule has 0 aromatic heterocycles. The maximum Gasteiger partial charge on any atom is 0.309 e. The average molecular weight is 244 g/mol. The molecular formula is C13H24O4. The van der Waals surface area contributed by atoms with Gasteiger partial charge in [0.25, 0.3) is 0 Å². The maximum atomic E-state index is 11.5. The van der Waals surface area contributed by atoms with Gasteiger partial charge >= 0.3 is 11.9 Å². The van der Waals surface area contributed by atoms with Crippen molar-refractivity contribution >= 4 is 11.9 Å². The van der Waals surface area contributed by atoms with Crippen LogP contribution in [-0.4, -0.2) is 24.1 Å². The van der Waals surface area contributed by atoms with E-state index >= 15 is 0 Å². The third-order valence-electron chi connectivity index (χ3n) is 2.04. The Morgan fingerprint density at radius 2 is 1.82 bits per heavy atom. The van der Waals surface area contributed by atoms with Gasteiger partial charge < -0.3 is 9.47 Å². The van der Waals surface area contributed by atoms with Gasteiger partial charge in [-0.1, -0.05) is 20.3 Å². The van der Waals surface area contributed by atoms with Gasteiger partial charge in [0.1, 0.15) is 5.60 Å². The van der Waals surface area contributed by atoms with Crippen molar-refractivity contribution in [1.82, 2.24) is 0 Å². The van der Waals surface area contributed by atoms with Crippen LogP contribution in [0.2, 0.25) is 0 Å². The molecule has 0 fully saturated rings. The van der Waals surface area contributed by atoms with Crippen molar-refractivity contribution in [3.05, 3.63) is 0 Å². The first kappa shape index (κ1) is 15.9. The third-order valence-corrected chi connectivity index (χ3v) is 2.04. The number of hydrogen-bond acceptors (Lipinski definition) is 4. The zero-order chi connectivity index (χ0) is 13.5. The first-order valence-electron chi connectivity index (χ1n) is 6.14. The van der Waals surface area contributed by atoms with Gasteiger partial charge in [0.15, 0.2) is 0 Å². The van der Waals surface area contributed by atoms with Gasteiger partial charge in [-0.15, -0.1) is 0 Å². The largest absolute Gasteiger partial charge is 0.465 e. The first-order valence-corrected chi connectivity index (χ1v) is 6.14. The van der Waals surface area contributed by atoms with Gasteiger partial charge in [0, 0.05) is 0 Å². The van der Waals surface area contributed by atoms with E-state index in [4.69, 9.17) is 9.47 Å². The van der Waals surface area contributed by atoms with Gasteiger partial charge in [-0.25, -0.2) is 0 Å². The summed E-state index contributed by atoms with van der Waals surface area (Å²) < 4.78 is 10.2. The topological polar surface area (TPSA) is 52.6 Å². The minimum atomic E-state index is -0.511. The lowest BCUT2D eigenvalue weighted by molar-refractivity contribution is -0.161. The highest BCUT2D eigenvalue weighted by Crippen LogP contribution is 2.12. The average Bonchev–Trinajstić information content (AvgIpc) is 2.14. The van der Waals surface area contributed by atoms with Crippen molar-refractivity contribution in [2.75, 3.05) is 6.61 Å². The highest BCUT2D eigenvalue weighted by Gasteiger charge is 2.22. The van der Waals surface area contributed by atoms with E-state index < -0.39 is 11.5 Å². The molecule has 100 valence electrons. The fraction of sp³-hybridized carbons (Fsp3) is 0.846. The second kappa shape index (κ2) is 7.30. The van der Waals surface area contributed by atoms with Crippen LogP contribution in [0.5, 0.6) is 0 Å². The quantitative estimate of drug-likeness (QED) is 0.532. The number of carbonyl (C=O) groups is 2. The molecule has 0 aliphatic carbocycles. The van der Waals surface area contributed by atoms with Crippen LogP contribution in [0.4, 0.5) is 0 Å². The van der Waals surface area contributed by atoms with Crippen LogP contribution in [0.1, 0.15) is 53.9 Å². The summed E-state index contributed by atoms with van der Waals surface area (Å²) in [5, 5.41) is 0. The van der Waals surface area contributed by atoms with Gasteiger partial charge in [0.2, 0.25) is 0 Å².